The smallest absolute Gasteiger partial charge is 0.227 e. The molecule has 17 heavy (non-hydrogen) atoms. The van der Waals surface area contributed by atoms with Gasteiger partial charge in [0.25, 0.3) is 0 Å². The zero-order chi connectivity index (χ0) is 12.6. The van der Waals surface area contributed by atoms with Crippen LogP contribution in [0.15, 0.2) is 16.6 Å². The zero-order valence-corrected chi connectivity index (χ0v) is 13.4. The number of amides is 1. The topological polar surface area (TPSA) is 20.3 Å². The molecule has 2 rings (SSSR count). The van der Waals surface area contributed by atoms with E-state index < -0.39 is 0 Å². The van der Waals surface area contributed by atoms with Gasteiger partial charge in [0.05, 0.1) is 10.7 Å². The number of rotatable bonds is 2. The first-order valence-electron chi connectivity index (χ1n) is 5.03. The number of halogens is 4. The molecule has 1 aliphatic rings. The lowest BCUT2D eigenvalue weighted by atomic mass is 10.2. The Balaban J connectivity index is 2.38. The van der Waals surface area contributed by atoms with Crippen molar-refractivity contribution < 1.29 is 4.79 Å². The predicted octanol–water partition coefficient (Wildman–Crippen LogP) is 4.50. The predicted molar refractivity (Wildman–Crippen MR) is 78.4 cm³/mol. The molecule has 92 valence electrons. The van der Waals surface area contributed by atoms with E-state index in [1.54, 1.807) is 17.0 Å². The van der Waals surface area contributed by atoms with E-state index in [9.17, 15) is 4.79 Å². The minimum absolute atomic E-state index is 0.0966. The Hall–Kier alpha value is 0.230. The van der Waals surface area contributed by atoms with Gasteiger partial charge in [-0.1, -0.05) is 39.1 Å². The summed E-state index contributed by atoms with van der Waals surface area (Å²) in [5, 5.41) is 1.86. The summed E-state index contributed by atoms with van der Waals surface area (Å²) in [5.74, 6) is 0.431. The Bertz CT molecular complexity index is 444. The van der Waals surface area contributed by atoms with Crippen molar-refractivity contribution >= 4 is 66.7 Å². The summed E-state index contributed by atoms with van der Waals surface area (Å²) in [6.45, 7) is 0.685. The lowest BCUT2D eigenvalue weighted by Gasteiger charge is -2.20. The van der Waals surface area contributed by atoms with E-state index in [0.29, 0.717) is 34.6 Å². The fourth-order valence-electron chi connectivity index (χ4n) is 1.89. The molecule has 1 aromatic carbocycles. The van der Waals surface area contributed by atoms with Crippen molar-refractivity contribution in [2.75, 3.05) is 16.8 Å². The van der Waals surface area contributed by atoms with Crippen LogP contribution >= 0.6 is 55.1 Å². The molecule has 1 fully saturated rings. The van der Waals surface area contributed by atoms with Crippen LogP contribution in [0.4, 0.5) is 5.69 Å². The highest BCUT2D eigenvalue weighted by atomic mass is 79.9. The Labute approximate surface area is 127 Å². The molecule has 2 nitrogen and oxygen atoms in total. The first-order chi connectivity index (χ1) is 8.02. The second-order valence-corrected chi connectivity index (χ2v) is 6.29. The summed E-state index contributed by atoms with van der Waals surface area (Å²) in [6.07, 6.45) is 0.552. The second kappa shape index (κ2) is 5.47. The highest BCUT2D eigenvalue weighted by molar-refractivity contribution is 9.10. The average molecular weight is 402 g/mol. The summed E-state index contributed by atoms with van der Waals surface area (Å²) >= 11 is 18.9. The van der Waals surface area contributed by atoms with Crippen LogP contribution in [0.1, 0.15) is 6.42 Å². The molecule has 0 saturated carbocycles. The van der Waals surface area contributed by atoms with Gasteiger partial charge in [0, 0.05) is 27.8 Å². The molecule has 1 unspecified atom stereocenters. The van der Waals surface area contributed by atoms with Crippen LogP contribution in [0.3, 0.4) is 0 Å². The molecule has 1 aromatic rings. The van der Waals surface area contributed by atoms with Crippen LogP contribution in [0, 0.1) is 5.92 Å². The molecule has 6 heteroatoms. The number of anilines is 1. The van der Waals surface area contributed by atoms with E-state index >= 15 is 0 Å². The summed E-state index contributed by atoms with van der Waals surface area (Å²) in [4.78, 5) is 13.6. The van der Waals surface area contributed by atoms with Crippen LogP contribution in [0.25, 0.3) is 0 Å². The molecule has 0 N–H and O–H groups in total. The van der Waals surface area contributed by atoms with Gasteiger partial charge in [-0.05, 0) is 34.0 Å². The number of carbonyl (C=O) groups is 1. The summed E-state index contributed by atoms with van der Waals surface area (Å²) in [6, 6.07) is 3.40. The lowest BCUT2D eigenvalue weighted by Crippen LogP contribution is -2.25. The van der Waals surface area contributed by atoms with Gasteiger partial charge in [0.1, 0.15) is 0 Å². The number of hydrogen-bond donors (Lipinski definition) is 0. The maximum atomic E-state index is 11.9. The van der Waals surface area contributed by atoms with E-state index in [-0.39, 0.29) is 5.91 Å². The second-order valence-electron chi connectivity index (χ2n) is 3.95. The van der Waals surface area contributed by atoms with E-state index in [1.165, 1.54) is 0 Å². The number of carbonyl (C=O) groups excluding carboxylic acids is 1. The van der Waals surface area contributed by atoms with Crippen LogP contribution < -0.4 is 4.90 Å². The third kappa shape index (κ3) is 2.80. The van der Waals surface area contributed by atoms with E-state index in [4.69, 9.17) is 23.2 Å². The van der Waals surface area contributed by atoms with Crippen LogP contribution in [0.2, 0.25) is 10.0 Å². The summed E-state index contributed by atoms with van der Waals surface area (Å²) in [7, 11) is 0. The molecule has 1 saturated heterocycles. The van der Waals surface area contributed by atoms with Crippen molar-refractivity contribution in [3.8, 4) is 0 Å². The summed E-state index contributed by atoms with van der Waals surface area (Å²) < 4.78 is 0.749. The Morgan fingerprint density at radius 1 is 1.41 bits per heavy atom. The number of benzene rings is 1. The zero-order valence-electron chi connectivity index (χ0n) is 8.72. The van der Waals surface area contributed by atoms with Crippen LogP contribution in [-0.4, -0.2) is 17.8 Å². The molecule has 1 amide bonds. The minimum Gasteiger partial charge on any atom is -0.310 e. The van der Waals surface area contributed by atoms with Gasteiger partial charge in [-0.25, -0.2) is 0 Å². The van der Waals surface area contributed by atoms with Gasteiger partial charge in [-0.15, -0.1) is 0 Å². The molecular weight excluding hydrogens is 393 g/mol. The third-order valence-electron chi connectivity index (χ3n) is 2.67. The van der Waals surface area contributed by atoms with Crippen molar-refractivity contribution in [1.82, 2.24) is 0 Å². The average Bonchev–Trinajstić information content (AvgIpc) is 2.59. The first kappa shape index (κ1) is 13.7. The van der Waals surface area contributed by atoms with Crippen molar-refractivity contribution in [3.63, 3.8) is 0 Å². The van der Waals surface area contributed by atoms with Crippen molar-refractivity contribution in [1.29, 1.82) is 0 Å². The molecule has 0 radical (unpaired) electrons. The Morgan fingerprint density at radius 2 is 2.12 bits per heavy atom. The molecule has 1 heterocycles. The van der Waals surface area contributed by atoms with E-state index in [1.807, 2.05) is 0 Å². The number of nitrogens with zero attached hydrogens (tertiary/aromatic N) is 1. The molecule has 0 aromatic heterocycles. The Kier molecular flexibility index (Phi) is 4.40. The first-order valence-corrected chi connectivity index (χ1v) is 7.71. The molecular formula is C11H9Br2Cl2NO. The fraction of sp³-hybridized carbons (Fsp3) is 0.364. The molecule has 0 spiro atoms. The standard InChI is InChI=1S/C11H9Br2Cl2NO/c12-4-6-1-10(17)16(5-6)11-8(13)2-7(14)3-9(11)15/h2-3,6H,1,4-5H2. The van der Waals surface area contributed by atoms with Gasteiger partial charge in [0.2, 0.25) is 5.91 Å². The quantitative estimate of drug-likeness (QED) is 0.668. The molecule has 0 bridgehead atoms. The number of hydrogen-bond acceptors (Lipinski definition) is 1. The normalized spacial score (nSPS) is 20.1. The van der Waals surface area contributed by atoms with Gasteiger partial charge < -0.3 is 4.90 Å². The van der Waals surface area contributed by atoms with Gasteiger partial charge in [-0.3, -0.25) is 4.79 Å². The van der Waals surface area contributed by atoms with Crippen LogP contribution in [0.5, 0.6) is 0 Å². The lowest BCUT2D eigenvalue weighted by molar-refractivity contribution is -0.117. The highest BCUT2D eigenvalue weighted by Gasteiger charge is 2.32. The molecule has 1 atom stereocenters. The minimum atomic E-state index is 0.0966. The maximum absolute atomic E-state index is 11.9. The SMILES string of the molecule is O=C1CC(CBr)CN1c1c(Cl)cc(Cl)cc1Br. The maximum Gasteiger partial charge on any atom is 0.227 e. The van der Waals surface area contributed by atoms with Gasteiger partial charge in [-0.2, -0.15) is 0 Å². The van der Waals surface area contributed by atoms with Gasteiger partial charge >= 0.3 is 0 Å². The van der Waals surface area contributed by atoms with Crippen molar-refractivity contribution in [3.05, 3.63) is 26.7 Å². The third-order valence-corrected chi connectivity index (χ3v) is 4.70. The summed E-state index contributed by atoms with van der Waals surface area (Å²) in [5.41, 5.74) is 0.713. The van der Waals surface area contributed by atoms with Crippen molar-refractivity contribution in [2.24, 2.45) is 5.92 Å². The molecule has 1 aliphatic heterocycles. The molecule has 0 aliphatic carbocycles. The van der Waals surface area contributed by atoms with E-state index in [0.717, 1.165) is 9.80 Å². The van der Waals surface area contributed by atoms with Crippen molar-refractivity contribution in [2.45, 2.75) is 6.42 Å². The fourth-order valence-corrected chi connectivity index (χ4v) is 3.84. The Morgan fingerprint density at radius 3 is 2.65 bits per heavy atom. The van der Waals surface area contributed by atoms with E-state index in [2.05, 4.69) is 31.9 Å². The van der Waals surface area contributed by atoms with Crippen LogP contribution in [-0.2, 0) is 4.79 Å². The highest BCUT2D eigenvalue weighted by Crippen LogP contribution is 2.39. The largest absolute Gasteiger partial charge is 0.310 e. The van der Waals surface area contributed by atoms with Gasteiger partial charge in [0.15, 0.2) is 0 Å². The monoisotopic (exact) mass is 399 g/mol. The number of alkyl halides is 1.